The summed E-state index contributed by atoms with van der Waals surface area (Å²) in [6.07, 6.45) is 7.73. The van der Waals surface area contributed by atoms with Gasteiger partial charge in [0.2, 0.25) is 10.0 Å². The van der Waals surface area contributed by atoms with E-state index in [2.05, 4.69) is 40.0 Å². The Labute approximate surface area is 150 Å². The lowest BCUT2D eigenvalue weighted by molar-refractivity contribution is -0.0432. The third-order valence-electron chi connectivity index (χ3n) is 5.27. The highest BCUT2D eigenvalue weighted by molar-refractivity contribution is 7.88. The Hall–Kier alpha value is -1.21. The molecule has 0 bridgehead atoms. The van der Waals surface area contributed by atoms with Crippen LogP contribution in [0.25, 0.3) is 6.08 Å². The van der Waals surface area contributed by atoms with Crippen molar-refractivity contribution in [1.82, 2.24) is 9.62 Å². The Morgan fingerprint density at radius 2 is 1.92 bits per heavy atom. The molecule has 2 fully saturated rings. The molecule has 0 unspecified atom stereocenters. The van der Waals surface area contributed by atoms with E-state index in [1.54, 1.807) is 0 Å². The first-order valence-corrected chi connectivity index (χ1v) is 10.9. The van der Waals surface area contributed by atoms with Crippen LogP contribution in [0.2, 0.25) is 0 Å². The summed E-state index contributed by atoms with van der Waals surface area (Å²) in [5.41, 5.74) is 2.31. The van der Waals surface area contributed by atoms with Gasteiger partial charge in [-0.3, -0.25) is 4.90 Å². The van der Waals surface area contributed by atoms with E-state index in [1.807, 2.05) is 13.0 Å². The first-order chi connectivity index (χ1) is 11.9. The topological polar surface area (TPSA) is 69.6 Å². The van der Waals surface area contributed by atoms with Gasteiger partial charge in [-0.15, -0.1) is 0 Å². The zero-order chi connectivity index (χ0) is 18.0. The van der Waals surface area contributed by atoms with Crippen LogP contribution in [0, 0.1) is 5.92 Å². The maximum atomic E-state index is 11.5. The Bertz CT molecular complexity index is 711. The summed E-state index contributed by atoms with van der Waals surface area (Å²) in [6, 6.07) is 8.53. The molecule has 0 spiro atoms. The third kappa shape index (κ3) is 4.50. The Kier molecular flexibility index (Phi) is 5.63. The highest BCUT2D eigenvalue weighted by Gasteiger charge is 2.49. The monoisotopic (exact) mass is 364 g/mol. The van der Waals surface area contributed by atoms with Crippen molar-refractivity contribution in [2.24, 2.45) is 5.92 Å². The summed E-state index contributed by atoms with van der Waals surface area (Å²) in [7, 11) is -3.22. The minimum absolute atomic E-state index is 0.0690. The number of rotatable bonds is 8. The largest absolute Gasteiger partial charge is 0.395 e. The molecule has 3 atom stereocenters. The van der Waals surface area contributed by atoms with Crippen molar-refractivity contribution in [3.8, 4) is 0 Å². The predicted octanol–water partition coefficient (Wildman–Crippen LogP) is 1.81. The lowest BCUT2D eigenvalue weighted by Gasteiger charge is -2.55. The minimum Gasteiger partial charge on any atom is -0.395 e. The van der Waals surface area contributed by atoms with E-state index >= 15 is 0 Å². The van der Waals surface area contributed by atoms with E-state index in [0.717, 1.165) is 12.1 Å². The molecule has 3 rings (SSSR count). The summed E-state index contributed by atoms with van der Waals surface area (Å²) < 4.78 is 25.7. The molecule has 5 nitrogen and oxygen atoms in total. The molecule has 1 aliphatic heterocycles. The summed E-state index contributed by atoms with van der Waals surface area (Å²) >= 11 is 0. The second-order valence-electron chi connectivity index (χ2n) is 7.27. The quantitative estimate of drug-likeness (QED) is 0.738. The fraction of sp³-hybridized carbons (Fsp3) is 0.579. The van der Waals surface area contributed by atoms with Crippen molar-refractivity contribution >= 4 is 16.1 Å². The van der Waals surface area contributed by atoms with E-state index in [1.165, 1.54) is 24.7 Å². The van der Waals surface area contributed by atoms with E-state index < -0.39 is 10.0 Å². The van der Waals surface area contributed by atoms with Crippen molar-refractivity contribution in [2.45, 2.75) is 37.8 Å². The molecule has 138 valence electrons. The maximum absolute atomic E-state index is 11.5. The van der Waals surface area contributed by atoms with Gasteiger partial charge in [-0.05, 0) is 36.8 Å². The van der Waals surface area contributed by atoms with Gasteiger partial charge in [-0.1, -0.05) is 36.4 Å². The van der Waals surface area contributed by atoms with Crippen molar-refractivity contribution < 1.29 is 13.5 Å². The SMILES string of the molecule is C/C=C/c1ccc([C@H]2[C@@H](CO)N(CC3CC3)[C@H]2CNS(C)(=O)=O)cc1. The first kappa shape index (κ1) is 18.6. The van der Waals surface area contributed by atoms with Crippen LogP contribution in [0.15, 0.2) is 30.3 Å². The molecular formula is C19H28N2O3S. The van der Waals surface area contributed by atoms with Crippen molar-refractivity contribution in [3.05, 3.63) is 41.5 Å². The van der Waals surface area contributed by atoms with E-state index in [-0.39, 0.29) is 24.6 Å². The number of allylic oxidation sites excluding steroid dienone is 1. The molecular weight excluding hydrogens is 336 g/mol. The Balaban J connectivity index is 1.79. The maximum Gasteiger partial charge on any atom is 0.208 e. The van der Waals surface area contributed by atoms with Crippen LogP contribution in [0.5, 0.6) is 0 Å². The summed E-state index contributed by atoms with van der Waals surface area (Å²) in [5, 5.41) is 9.91. The van der Waals surface area contributed by atoms with Crippen molar-refractivity contribution in [1.29, 1.82) is 0 Å². The van der Waals surface area contributed by atoms with Gasteiger partial charge in [0, 0.05) is 31.1 Å². The highest BCUT2D eigenvalue weighted by Crippen LogP contribution is 2.43. The lowest BCUT2D eigenvalue weighted by Crippen LogP contribution is -2.67. The van der Waals surface area contributed by atoms with Crippen LogP contribution in [0.4, 0.5) is 0 Å². The lowest BCUT2D eigenvalue weighted by atomic mass is 9.75. The van der Waals surface area contributed by atoms with Gasteiger partial charge in [-0.2, -0.15) is 0 Å². The molecule has 1 aliphatic carbocycles. The van der Waals surface area contributed by atoms with E-state index in [0.29, 0.717) is 12.5 Å². The molecule has 6 heteroatoms. The molecule has 0 aromatic heterocycles. The number of likely N-dealkylation sites (tertiary alicyclic amines) is 1. The van der Waals surface area contributed by atoms with Crippen LogP contribution in [-0.4, -0.2) is 56.5 Å². The normalized spacial score (nSPS) is 27.6. The van der Waals surface area contributed by atoms with Gasteiger partial charge in [0.15, 0.2) is 0 Å². The smallest absolute Gasteiger partial charge is 0.208 e. The van der Waals surface area contributed by atoms with Crippen LogP contribution < -0.4 is 4.72 Å². The van der Waals surface area contributed by atoms with Crippen LogP contribution >= 0.6 is 0 Å². The fourth-order valence-corrected chi connectivity index (χ4v) is 4.32. The highest BCUT2D eigenvalue weighted by atomic mass is 32.2. The van der Waals surface area contributed by atoms with Gasteiger partial charge in [0.1, 0.15) is 0 Å². The summed E-state index contributed by atoms with van der Waals surface area (Å²) in [6.45, 7) is 3.44. The third-order valence-corrected chi connectivity index (χ3v) is 5.96. The number of hydrogen-bond acceptors (Lipinski definition) is 4. The summed E-state index contributed by atoms with van der Waals surface area (Å²) in [5.74, 6) is 0.852. The van der Waals surface area contributed by atoms with Crippen LogP contribution in [0.1, 0.15) is 36.8 Å². The number of nitrogens with zero attached hydrogens (tertiary/aromatic N) is 1. The second-order valence-corrected chi connectivity index (χ2v) is 9.10. The molecule has 0 radical (unpaired) electrons. The average molecular weight is 365 g/mol. The number of sulfonamides is 1. The molecule has 2 aliphatic rings. The zero-order valence-electron chi connectivity index (χ0n) is 14.9. The standard InChI is InChI=1S/C19H28N2O3S/c1-3-4-14-7-9-16(10-8-14)19-17(11-20-25(2,23)24)21(18(19)13-22)12-15-5-6-15/h3-4,7-10,15,17-20,22H,5-6,11-13H2,1-2H3/b4-3+/t17-,18+,19+/m0/s1. The minimum atomic E-state index is -3.22. The first-order valence-electron chi connectivity index (χ1n) is 8.97. The van der Waals surface area contributed by atoms with Gasteiger partial charge in [0.25, 0.3) is 0 Å². The van der Waals surface area contributed by atoms with Gasteiger partial charge < -0.3 is 5.11 Å². The number of aliphatic hydroxyl groups is 1. The molecule has 1 aromatic rings. The molecule has 25 heavy (non-hydrogen) atoms. The number of hydrogen-bond donors (Lipinski definition) is 2. The number of benzene rings is 1. The number of aliphatic hydroxyl groups excluding tert-OH is 1. The fourth-order valence-electron chi connectivity index (χ4n) is 3.85. The molecule has 1 aromatic carbocycles. The van der Waals surface area contributed by atoms with Crippen molar-refractivity contribution in [3.63, 3.8) is 0 Å². The Morgan fingerprint density at radius 3 is 2.44 bits per heavy atom. The number of nitrogens with one attached hydrogen (secondary N) is 1. The van der Waals surface area contributed by atoms with Crippen LogP contribution in [0.3, 0.4) is 0 Å². The van der Waals surface area contributed by atoms with Gasteiger partial charge >= 0.3 is 0 Å². The second kappa shape index (κ2) is 7.58. The summed E-state index contributed by atoms with van der Waals surface area (Å²) in [4.78, 5) is 2.29. The van der Waals surface area contributed by atoms with Crippen molar-refractivity contribution in [2.75, 3.05) is 26.0 Å². The average Bonchev–Trinajstić information content (AvgIpc) is 3.36. The van der Waals surface area contributed by atoms with Gasteiger partial charge in [-0.25, -0.2) is 13.1 Å². The zero-order valence-corrected chi connectivity index (χ0v) is 15.7. The molecule has 1 saturated carbocycles. The molecule has 1 saturated heterocycles. The molecule has 1 heterocycles. The van der Waals surface area contributed by atoms with Crippen LogP contribution in [-0.2, 0) is 10.0 Å². The van der Waals surface area contributed by atoms with E-state index in [4.69, 9.17) is 0 Å². The molecule has 2 N–H and O–H groups in total. The molecule has 0 amide bonds. The van der Waals surface area contributed by atoms with Gasteiger partial charge in [0.05, 0.1) is 12.9 Å². The van der Waals surface area contributed by atoms with E-state index in [9.17, 15) is 13.5 Å². The predicted molar refractivity (Wildman–Crippen MR) is 101 cm³/mol. The Morgan fingerprint density at radius 1 is 1.24 bits per heavy atom.